The largest absolute Gasteiger partial charge is 0.433 e. The van der Waals surface area contributed by atoms with Crippen LogP contribution in [0.3, 0.4) is 0 Å². The molecule has 0 spiro atoms. The van der Waals surface area contributed by atoms with Crippen LogP contribution in [-0.2, 0) is 6.18 Å². The van der Waals surface area contributed by atoms with Gasteiger partial charge < -0.3 is 10.2 Å². The van der Waals surface area contributed by atoms with E-state index in [-0.39, 0.29) is 0 Å². The molecule has 0 amide bonds. The highest BCUT2D eigenvalue weighted by Crippen LogP contribution is 2.32. The molecule has 23 heavy (non-hydrogen) atoms. The van der Waals surface area contributed by atoms with Gasteiger partial charge in [0, 0.05) is 24.7 Å². The Labute approximate surface area is 132 Å². The number of rotatable bonds is 3. The molecular formula is C16H19F3N4. The molecule has 0 atom stereocenters. The van der Waals surface area contributed by atoms with E-state index in [4.69, 9.17) is 0 Å². The maximum atomic E-state index is 12.8. The first kappa shape index (κ1) is 16.0. The summed E-state index contributed by atoms with van der Waals surface area (Å²) >= 11 is 0. The summed E-state index contributed by atoms with van der Waals surface area (Å²) in [6.07, 6.45) is -0.798. The normalized spacial score (nSPS) is 17.0. The summed E-state index contributed by atoms with van der Waals surface area (Å²) in [7, 11) is 1.95. The molecular weight excluding hydrogens is 305 g/mol. The lowest BCUT2D eigenvalue weighted by molar-refractivity contribution is -0.140. The van der Waals surface area contributed by atoms with Gasteiger partial charge in [0.25, 0.3) is 0 Å². The van der Waals surface area contributed by atoms with Crippen LogP contribution in [-0.4, -0.2) is 36.6 Å². The number of hydrogen-bond donors (Lipinski definition) is 1. The number of halogens is 3. The third-order valence-corrected chi connectivity index (χ3v) is 4.29. The molecule has 1 N–H and O–H groups in total. The van der Waals surface area contributed by atoms with Crippen molar-refractivity contribution in [3.63, 3.8) is 0 Å². The lowest BCUT2D eigenvalue weighted by atomic mass is 9.96. The average Bonchev–Trinajstić information content (AvgIpc) is 2.54. The van der Waals surface area contributed by atoms with Gasteiger partial charge in [-0.25, -0.2) is 9.97 Å². The van der Waals surface area contributed by atoms with E-state index < -0.39 is 11.9 Å². The predicted molar refractivity (Wildman–Crippen MR) is 83.4 cm³/mol. The number of piperidine rings is 1. The second kappa shape index (κ2) is 6.31. The van der Waals surface area contributed by atoms with E-state index in [1.165, 1.54) is 18.3 Å². The van der Waals surface area contributed by atoms with Gasteiger partial charge in [-0.15, -0.1) is 0 Å². The van der Waals surface area contributed by atoms with Gasteiger partial charge in [-0.1, -0.05) is 0 Å². The number of nitrogens with one attached hydrogen (secondary N) is 1. The molecule has 2 aromatic rings. The summed E-state index contributed by atoms with van der Waals surface area (Å²) in [5, 5.41) is 3.86. The lowest BCUT2D eigenvalue weighted by Crippen LogP contribution is -2.37. The van der Waals surface area contributed by atoms with Crippen LogP contribution in [0.1, 0.15) is 18.5 Å². The van der Waals surface area contributed by atoms with E-state index >= 15 is 0 Å². The van der Waals surface area contributed by atoms with Crippen LogP contribution >= 0.6 is 0 Å². The molecule has 1 aliphatic rings. The molecule has 124 valence electrons. The van der Waals surface area contributed by atoms with Gasteiger partial charge in [0.2, 0.25) is 0 Å². The zero-order valence-electron chi connectivity index (χ0n) is 12.9. The van der Waals surface area contributed by atoms with Gasteiger partial charge in [0.15, 0.2) is 0 Å². The van der Waals surface area contributed by atoms with E-state index in [2.05, 4.69) is 20.2 Å². The molecule has 1 saturated heterocycles. The van der Waals surface area contributed by atoms with Crippen molar-refractivity contribution in [1.82, 2.24) is 15.3 Å². The Bertz CT molecular complexity index is 679. The highest BCUT2D eigenvalue weighted by molar-refractivity contribution is 5.89. The van der Waals surface area contributed by atoms with Crippen molar-refractivity contribution in [1.29, 1.82) is 0 Å². The average molecular weight is 324 g/mol. The first-order valence-electron chi connectivity index (χ1n) is 7.71. The van der Waals surface area contributed by atoms with Gasteiger partial charge in [0.05, 0.1) is 5.52 Å². The third-order valence-electron chi connectivity index (χ3n) is 4.29. The minimum absolute atomic E-state index is 0.335. The molecule has 4 nitrogen and oxygen atoms in total. The fraction of sp³-hybridized carbons (Fsp3) is 0.500. The highest BCUT2D eigenvalue weighted by atomic mass is 19.4. The highest BCUT2D eigenvalue weighted by Gasteiger charge is 2.32. The summed E-state index contributed by atoms with van der Waals surface area (Å²) < 4.78 is 38.4. The van der Waals surface area contributed by atoms with E-state index in [1.54, 1.807) is 0 Å². The second-order valence-electron chi connectivity index (χ2n) is 5.88. The maximum absolute atomic E-state index is 12.8. The monoisotopic (exact) mass is 324 g/mol. The predicted octanol–water partition coefficient (Wildman–Crippen LogP) is 3.08. The molecule has 1 aliphatic heterocycles. The van der Waals surface area contributed by atoms with E-state index in [1.807, 2.05) is 7.05 Å². The van der Waals surface area contributed by atoms with Crippen molar-refractivity contribution in [3.8, 4) is 0 Å². The Morgan fingerprint density at radius 1 is 1.22 bits per heavy atom. The fourth-order valence-electron chi connectivity index (χ4n) is 3.09. The van der Waals surface area contributed by atoms with E-state index in [0.29, 0.717) is 16.8 Å². The summed E-state index contributed by atoms with van der Waals surface area (Å²) in [6.45, 7) is 2.71. The quantitative estimate of drug-likeness (QED) is 0.942. The minimum Gasteiger partial charge on any atom is -0.356 e. The minimum atomic E-state index is -4.43. The lowest BCUT2D eigenvalue weighted by Gasteiger charge is -2.33. The topological polar surface area (TPSA) is 41.0 Å². The van der Waals surface area contributed by atoms with Gasteiger partial charge in [-0.3, -0.25) is 0 Å². The van der Waals surface area contributed by atoms with Crippen molar-refractivity contribution in [3.05, 3.63) is 30.1 Å². The molecule has 3 rings (SSSR count). The zero-order chi connectivity index (χ0) is 16.4. The summed E-state index contributed by atoms with van der Waals surface area (Å²) in [4.78, 5) is 10.3. The summed E-state index contributed by atoms with van der Waals surface area (Å²) in [5.41, 5.74) is -0.531. The number of hydrogen-bond acceptors (Lipinski definition) is 4. The van der Waals surface area contributed by atoms with Crippen LogP contribution in [0, 0.1) is 5.92 Å². The number of fused-ring (bicyclic) bond motifs is 1. The van der Waals surface area contributed by atoms with Crippen molar-refractivity contribution in [2.24, 2.45) is 5.92 Å². The van der Waals surface area contributed by atoms with Crippen LogP contribution in [0.5, 0.6) is 0 Å². The molecule has 3 heterocycles. The van der Waals surface area contributed by atoms with Gasteiger partial charge in [0.1, 0.15) is 11.5 Å². The van der Waals surface area contributed by atoms with Gasteiger partial charge in [-0.2, -0.15) is 13.2 Å². The van der Waals surface area contributed by atoms with Crippen LogP contribution in [0.15, 0.2) is 24.4 Å². The Morgan fingerprint density at radius 3 is 2.61 bits per heavy atom. The Hall–Kier alpha value is -1.89. The molecule has 0 bridgehead atoms. The number of nitrogens with zero attached hydrogens (tertiary/aromatic N) is 3. The van der Waals surface area contributed by atoms with Crippen molar-refractivity contribution in [2.75, 3.05) is 31.6 Å². The van der Waals surface area contributed by atoms with Crippen molar-refractivity contribution >= 4 is 16.7 Å². The van der Waals surface area contributed by atoms with Crippen LogP contribution in [0.2, 0.25) is 0 Å². The number of alkyl halides is 3. The molecule has 0 aromatic carbocycles. The van der Waals surface area contributed by atoms with Crippen LogP contribution in [0.4, 0.5) is 19.0 Å². The number of aromatic nitrogens is 2. The maximum Gasteiger partial charge on any atom is 0.433 e. The number of anilines is 1. The van der Waals surface area contributed by atoms with Gasteiger partial charge >= 0.3 is 6.18 Å². The van der Waals surface area contributed by atoms with Crippen LogP contribution < -0.4 is 10.2 Å². The zero-order valence-corrected chi connectivity index (χ0v) is 12.9. The fourth-order valence-corrected chi connectivity index (χ4v) is 3.09. The first-order valence-corrected chi connectivity index (χ1v) is 7.71. The molecule has 2 aromatic heterocycles. The van der Waals surface area contributed by atoms with Crippen molar-refractivity contribution in [2.45, 2.75) is 19.0 Å². The van der Waals surface area contributed by atoms with Crippen LogP contribution in [0.25, 0.3) is 10.9 Å². The SMILES string of the molecule is CNCC1CCN(c2nccc3nc(C(F)(F)F)ccc23)CC1. The molecule has 7 heteroatoms. The Kier molecular flexibility index (Phi) is 4.39. The molecule has 0 radical (unpaired) electrons. The second-order valence-corrected chi connectivity index (χ2v) is 5.88. The van der Waals surface area contributed by atoms with Crippen molar-refractivity contribution < 1.29 is 13.2 Å². The Morgan fingerprint density at radius 2 is 1.96 bits per heavy atom. The van der Waals surface area contributed by atoms with E-state index in [0.717, 1.165) is 44.4 Å². The molecule has 0 saturated carbocycles. The first-order chi connectivity index (χ1) is 11.0. The molecule has 1 fully saturated rings. The standard InChI is InChI=1S/C16H19F3N4/c1-20-10-11-5-8-23(9-6-11)15-12-2-3-14(16(17,18)19)22-13(12)4-7-21-15/h2-4,7,11,20H,5-6,8-10H2,1H3. The van der Waals surface area contributed by atoms with Gasteiger partial charge in [-0.05, 0) is 50.6 Å². The van der Waals surface area contributed by atoms with E-state index in [9.17, 15) is 13.2 Å². The number of pyridine rings is 2. The third kappa shape index (κ3) is 3.39. The molecule has 0 aliphatic carbocycles. The molecule has 0 unspecified atom stereocenters. The summed E-state index contributed by atoms with van der Waals surface area (Å²) in [5.74, 6) is 1.37. The smallest absolute Gasteiger partial charge is 0.356 e. The summed E-state index contributed by atoms with van der Waals surface area (Å²) in [6, 6.07) is 4.04. The Balaban J connectivity index is 1.87.